The number of hydrogen-bond donors (Lipinski definition) is 1. The van der Waals surface area contributed by atoms with Gasteiger partial charge in [-0.1, -0.05) is 80.6 Å². The Kier molecular flexibility index (Phi) is 5.30. The van der Waals surface area contributed by atoms with Gasteiger partial charge in [0.25, 0.3) is 0 Å². The molecular weight excluding hydrogens is 332 g/mol. The first-order valence-electron chi connectivity index (χ1n) is 9.32. The van der Waals surface area contributed by atoms with E-state index in [0.717, 1.165) is 28.8 Å². The van der Waals surface area contributed by atoms with Gasteiger partial charge in [0.15, 0.2) is 6.04 Å². The Bertz CT molecular complexity index is 845. The summed E-state index contributed by atoms with van der Waals surface area (Å²) in [7, 11) is 0. The quantitative estimate of drug-likeness (QED) is 0.623. The minimum atomic E-state index is -0.915. The summed E-state index contributed by atoms with van der Waals surface area (Å²) in [4.78, 5) is 4.87. The van der Waals surface area contributed by atoms with Gasteiger partial charge in [0.2, 0.25) is 0 Å². The molecule has 3 rings (SSSR count). The highest BCUT2D eigenvalue weighted by atomic mass is 16.3. The summed E-state index contributed by atoms with van der Waals surface area (Å²) in [6.07, 6.45) is 3.26. The lowest BCUT2D eigenvalue weighted by atomic mass is 9.70. The van der Waals surface area contributed by atoms with Gasteiger partial charge in [-0.25, -0.2) is 0 Å². The molecule has 1 aliphatic rings. The van der Waals surface area contributed by atoms with Crippen LogP contribution in [0.4, 0.5) is 0 Å². The Balaban J connectivity index is 2.08. The summed E-state index contributed by atoms with van der Waals surface area (Å²) in [6.45, 7) is 6.06. The van der Waals surface area contributed by atoms with Crippen molar-refractivity contribution in [1.82, 2.24) is 0 Å². The Morgan fingerprint density at radius 1 is 1.00 bits per heavy atom. The molecule has 2 atom stereocenters. The van der Waals surface area contributed by atoms with Crippen LogP contribution in [0, 0.1) is 16.7 Å². The summed E-state index contributed by atoms with van der Waals surface area (Å²) in [5, 5.41) is 20.5. The number of nitriles is 1. The van der Waals surface area contributed by atoms with Gasteiger partial charge in [0, 0.05) is 11.1 Å². The van der Waals surface area contributed by atoms with Crippen molar-refractivity contribution in [3.8, 4) is 6.07 Å². The first-order valence-corrected chi connectivity index (χ1v) is 9.32. The Morgan fingerprint density at radius 3 is 1.96 bits per heavy atom. The zero-order chi connectivity index (χ0) is 19.5. The van der Waals surface area contributed by atoms with Crippen LogP contribution in [0.5, 0.6) is 0 Å². The molecule has 0 fully saturated rings. The van der Waals surface area contributed by atoms with Crippen molar-refractivity contribution in [3.05, 3.63) is 83.4 Å². The van der Waals surface area contributed by atoms with Crippen LogP contribution in [-0.4, -0.2) is 22.5 Å². The van der Waals surface area contributed by atoms with Crippen molar-refractivity contribution in [2.75, 3.05) is 0 Å². The zero-order valence-corrected chi connectivity index (χ0v) is 16.2. The molecule has 2 aromatic rings. The highest BCUT2D eigenvalue weighted by Gasteiger charge is 2.37. The molecule has 0 aromatic heterocycles. The maximum atomic E-state index is 10.7. The van der Waals surface area contributed by atoms with Gasteiger partial charge in [-0.15, -0.1) is 0 Å². The Morgan fingerprint density at radius 2 is 1.52 bits per heavy atom. The number of aliphatic hydroxyl groups is 1. The summed E-state index contributed by atoms with van der Waals surface area (Å²) >= 11 is 0. The average molecular weight is 358 g/mol. The molecule has 0 spiro atoms. The van der Waals surface area contributed by atoms with Crippen LogP contribution < -0.4 is 0 Å². The van der Waals surface area contributed by atoms with Crippen LogP contribution in [-0.2, 0) is 0 Å². The molecule has 138 valence electrons. The molecule has 0 amide bonds. The Hall–Kier alpha value is -2.70. The van der Waals surface area contributed by atoms with E-state index in [1.54, 1.807) is 6.92 Å². The molecule has 1 N–H and O–H groups in total. The second-order valence-electron chi connectivity index (χ2n) is 8.34. The van der Waals surface area contributed by atoms with Gasteiger partial charge < -0.3 is 5.11 Å². The fraction of sp³-hybridized carbons (Fsp3) is 0.333. The molecule has 0 saturated heterocycles. The van der Waals surface area contributed by atoms with Crippen molar-refractivity contribution >= 4 is 5.71 Å². The van der Waals surface area contributed by atoms with Crippen molar-refractivity contribution in [2.45, 2.75) is 45.3 Å². The lowest BCUT2D eigenvalue weighted by molar-refractivity contribution is 0.0469. The van der Waals surface area contributed by atoms with Crippen LogP contribution in [0.2, 0.25) is 0 Å². The monoisotopic (exact) mass is 358 g/mol. The predicted octanol–water partition coefficient (Wildman–Crippen LogP) is 4.91. The molecule has 0 aliphatic heterocycles. The SMILES string of the molecule is CC1(O)C=C(C(C#N)N=C(c2ccccc2)c2ccccc2)CC(C)(C)C1. The molecule has 2 aromatic carbocycles. The molecule has 0 heterocycles. The molecule has 0 saturated carbocycles. The second kappa shape index (κ2) is 7.50. The van der Waals surface area contributed by atoms with E-state index >= 15 is 0 Å². The van der Waals surface area contributed by atoms with E-state index in [1.165, 1.54) is 0 Å². The van der Waals surface area contributed by atoms with Gasteiger partial charge in [0.05, 0.1) is 17.4 Å². The van der Waals surface area contributed by atoms with E-state index in [9.17, 15) is 10.4 Å². The van der Waals surface area contributed by atoms with Crippen LogP contribution in [0.25, 0.3) is 0 Å². The lowest BCUT2D eigenvalue weighted by Gasteiger charge is -2.38. The molecule has 2 unspecified atom stereocenters. The molecule has 27 heavy (non-hydrogen) atoms. The van der Waals surface area contributed by atoms with E-state index < -0.39 is 11.6 Å². The summed E-state index contributed by atoms with van der Waals surface area (Å²) in [5.41, 5.74) is 2.66. The Labute approximate surface area is 161 Å². The average Bonchev–Trinajstić information content (AvgIpc) is 2.61. The predicted molar refractivity (Wildman–Crippen MR) is 110 cm³/mol. The van der Waals surface area contributed by atoms with Crippen LogP contribution in [0.15, 0.2) is 77.3 Å². The molecule has 3 nitrogen and oxygen atoms in total. The molecule has 1 aliphatic carbocycles. The van der Waals surface area contributed by atoms with E-state index in [0.29, 0.717) is 6.42 Å². The maximum Gasteiger partial charge on any atom is 0.158 e. The normalized spacial score (nSPS) is 22.3. The summed E-state index contributed by atoms with van der Waals surface area (Å²) in [5.74, 6) is 0. The fourth-order valence-electron chi connectivity index (χ4n) is 4.09. The van der Waals surface area contributed by atoms with Crippen molar-refractivity contribution in [1.29, 1.82) is 5.26 Å². The number of benzene rings is 2. The topological polar surface area (TPSA) is 56.4 Å². The lowest BCUT2D eigenvalue weighted by Crippen LogP contribution is -2.36. The number of nitrogens with zero attached hydrogens (tertiary/aromatic N) is 2. The smallest absolute Gasteiger partial charge is 0.158 e. The molecule has 0 radical (unpaired) electrons. The van der Waals surface area contributed by atoms with Crippen molar-refractivity contribution in [3.63, 3.8) is 0 Å². The summed E-state index contributed by atoms with van der Waals surface area (Å²) < 4.78 is 0. The van der Waals surface area contributed by atoms with E-state index in [4.69, 9.17) is 4.99 Å². The highest BCUT2D eigenvalue weighted by Crippen LogP contribution is 2.41. The van der Waals surface area contributed by atoms with Gasteiger partial charge in [-0.05, 0) is 30.8 Å². The van der Waals surface area contributed by atoms with Gasteiger partial charge >= 0.3 is 0 Å². The van der Waals surface area contributed by atoms with Gasteiger partial charge in [-0.3, -0.25) is 4.99 Å². The van der Waals surface area contributed by atoms with Crippen molar-refractivity contribution < 1.29 is 5.11 Å². The van der Waals surface area contributed by atoms with Gasteiger partial charge in [-0.2, -0.15) is 5.26 Å². The minimum absolute atomic E-state index is 0.0716. The van der Waals surface area contributed by atoms with Crippen LogP contribution >= 0.6 is 0 Å². The van der Waals surface area contributed by atoms with E-state index in [1.807, 2.05) is 66.7 Å². The third-order valence-corrected chi connectivity index (χ3v) is 4.84. The van der Waals surface area contributed by atoms with Crippen LogP contribution in [0.3, 0.4) is 0 Å². The van der Waals surface area contributed by atoms with Crippen LogP contribution in [0.1, 0.15) is 44.7 Å². The minimum Gasteiger partial charge on any atom is -0.386 e. The standard InChI is InChI=1S/C24H26N2O/c1-23(2)14-20(15-24(3,27)17-23)21(16-25)26-22(18-10-6-4-7-11-18)19-12-8-5-9-13-19/h4-13,15,21,27H,14,17H2,1-3H3. The number of hydrogen-bond acceptors (Lipinski definition) is 3. The molecular formula is C24H26N2O. The molecule has 3 heteroatoms. The highest BCUT2D eigenvalue weighted by molar-refractivity contribution is 6.13. The van der Waals surface area contributed by atoms with E-state index in [2.05, 4.69) is 19.9 Å². The fourth-order valence-corrected chi connectivity index (χ4v) is 4.09. The first-order chi connectivity index (χ1) is 12.8. The third-order valence-electron chi connectivity index (χ3n) is 4.84. The summed E-state index contributed by atoms with van der Waals surface area (Å²) in [6, 6.07) is 21.6. The third kappa shape index (κ3) is 4.72. The second-order valence-corrected chi connectivity index (χ2v) is 8.34. The molecule has 0 bridgehead atoms. The largest absolute Gasteiger partial charge is 0.386 e. The van der Waals surface area contributed by atoms with Gasteiger partial charge in [0.1, 0.15) is 0 Å². The van der Waals surface area contributed by atoms with Crippen molar-refractivity contribution in [2.24, 2.45) is 10.4 Å². The first kappa shape index (κ1) is 19.1. The maximum absolute atomic E-state index is 10.7. The van der Waals surface area contributed by atoms with E-state index in [-0.39, 0.29) is 5.41 Å². The number of aliphatic imine (C=N–C) groups is 1. The number of rotatable bonds is 4. The zero-order valence-electron chi connectivity index (χ0n) is 16.2.